The Morgan fingerprint density at radius 3 is 2.69 bits per heavy atom. The lowest BCUT2D eigenvalue weighted by atomic mass is 10.1. The van der Waals surface area contributed by atoms with Crippen LogP contribution in [-0.4, -0.2) is 96.0 Å². The topological polar surface area (TPSA) is 116 Å². The highest BCUT2D eigenvalue weighted by Gasteiger charge is 2.21. The van der Waals surface area contributed by atoms with Crippen LogP contribution < -0.4 is 15.5 Å². The maximum atomic E-state index is 12.0. The summed E-state index contributed by atoms with van der Waals surface area (Å²) in [5.74, 6) is 0.719. The summed E-state index contributed by atoms with van der Waals surface area (Å²) in [6.45, 7) is 5.81. The van der Waals surface area contributed by atoms with Gasteiger partial charge in [0.05, 0.1) is 30.5 Å². The number of anilines is 2. The number of hydrogen-bond donors (Lipinski definition) is 3. The van der Waals surface area contributed by atoms with Crippen LogP contribution in [0.4, 0.5) is 11.5 Å². The number of pyridine rings is 1. The summed E-state index contributed by atoms with van der Waals surface area (Å²) in [4.78, 5) is 30.0. The number of aliphatic hydroxyl groups excluding tert-OH is 1. The summed E-state index contributed by atoms with van der Waals surface area (Å²) in [5, 5.41) is 15.8. The van der Waals surface area contributed by atoms with Crippen molar-refractivity contribution in [2.75, 3.05) is 69.2 Å². The molecule has 0 bridgehead atoms. The molecule has 1 aromatic carbocycles. The van der Waals surface area contributed by atoms with Crippen molar-refractivity contribution in [1.82, 2.24) is 25.2 Å². The Hall–Kier alpha value is -3.34. The predicted octanol–water partition coefficient (Wildman–Crippen LogP) is 1.12. The molecule has 2 aliphatic heterocycles. The average Bonchev–Trinajstić information content (AvgIpc) is 2.92. The first-order chi connectivity index (χ1) is 17.2. The zero-order valence-electron chi connectivity index (χ0n) is 19.7. The number of nitrogens with zero attached hydrogens (tertiary/aromatic N) is 5. The molecule has 0 saturated carbocycles. The Morgan fingerprint density at radius 1 is 1.14 bits per heavy atom. The molecule has 0 unspecified atom stereocenters. The minimum absolute atomic E-state index is 0.0173. The Kier molecular flexibility index (Phi) is 7.31. The number of amides is 1. The molecule has 1 amide bonds. The highest BCUT2D eigenvalue weighted by molar-refractivity contribution is 5.88. The van der Waals surface area contributed by atoms with Gasteiger partial charge in [-0.1, -0.05) is 12.1 Å². The van der Waals surface area contributed by atoms with Gasteiger partial charge in [0.2, 0.25) is 5.91 Å². The summed E-state index contributed by atoms with van der Waals surface area (Å²) >= 11 is 0. The lowest BCUT2D eigenvalue weighted by Gasteiger charge is -2.36. The molecule has 35 heavy (non-hydrogen) atoms. The first kappa shape index (κ1) is 23.4. The van der Waals surface area contributed by atoms with Crippen molar-refractivity contribution in [1.29, 1.82) is 0 Å². The summed E-state index contributed by atoms with van der Waals surface area (Å²) in [7, 11) is 0. The van der Waals surface area contributed by atoms with Gasteiger partial charge in [-0.2, -0.15) is 0 Å². The molecule has 1 atom stereocenters. The van der Waals surface area contributed by atoms with Crippen LogP contribution in [0.2, 0.25) is 0 Å². The van der Waals surface area contributed by atoms with Gasteiger partial charge in [-0.05, 0) is 18.2 Å². The van der Waals surface area contributed by atoms with Crippen LogP contribution in [0.15, 0.2) is 42.7 Å². The largest absolute Gasteiger partial charge is 0.396 e. The summed E-state index contributed by atoms with van der Waals surface area (Å²) in [5.41, 5.74) is 4.47. The van der Waals surface area contributed by atoms with Crippen LogP contribution in [0.3, 0.4) is 0 Å². The molecule has 3 N–H and O–H groups in total. The number of nitrogens with one attached hydrogen (secondary N) is 2. The second-order valence-corrected chi connectivity index (χ2v) is 8.75. The van der Waals surface area contributed by atoms with E-state index in [1.165, 1.54) is 0 Å². The Morgan fingerprint density at radius 2 is 1.94 bits per heavy atom. The van der Waals surface area contributed by atoms with Gasteiger partial charge in [-0.25, -0.2) is 9.97 Å². The fourth-order valence-corrected chi connectivity index (χ4v) is 4.52. The Bertz CT molecular complexity index is 1140. The second-order valence-electron chi connectivity index (χ2n) is 8.75. The van der Waals surface area contributed by atoms with Crippen molar-refractivity contribution >= 4 is 28.4 Å². The van der Waals surface area contributed by atoms with Crippen molar-refractivity contribution in [2.45, 2.75) is 12.5 Å². The van der Waals surface area contributed by atoms with E-state index in [1.54, 1.807) is 12.4 Å². The van der Waals surface area contributed by atoms with Crippen LogP contribution in [0.1, 0.15) is 6.42 Å². The van der Waals surface area contributed by atoms with Gasteiger partial charge in [0.25, 0.3) is 0 Å². The summed E-state index contributed by atoms with van der Waals surface area (Å²) in [6.07, 6.45) is 3.65. The number of benzene rings is 1. The minimum atomic E-state index is -0.0995. The SMILES string of the molecule is O=C(CCO)N1CCN(c2ccc(-c3cc4nccnc4c(NC[C@@H]4CNCCO4)n3)cc2)CC1. The highest BCUT2D eigenvalue weighted by atomic mass is 16.5. The molecular weight excluding hydrogens is 446 g/mol. The molecule has 3 aromatic rings. The molecule has 10 heteroatoms. The smallest absolute Gasteiger partial charge is 0.225 e. The molecular formula is C25H31N7O3. The van der Waals surface area contributed by atoms with Crippen LogP contribution >= 0.6 is 0 Å². The van der Waals surface area contributed by atoms with E-state index in [2.05, 4.69) is 49.8 Å². The Balaban J connectivity index is 1.30. The minimum Gasteiger partial charge on any atom is -0.396 e. The van der Waals surface area contributed by atoms with E-state index >= 15 is 0 Å². The van der Waals surface area contributed by atoms with E-state index in [1.807, 2.05) is 11.0 Å². The van der Waals surface area contributed by atoms with Gasteiger partial charge >= 0.3 is 0 Å². The Labute approximate surface area is 204 Å². The zero-order chi connectivity index (χ0) is 24.0. The van der Waals surface area contributed by atoms with Gasteiger partial charge in [0.15, 0.2) is 5.82 Å². The van der Waals surface area contributed by atoms with Crippen molar-refractivity contribution in [3.8, 4) is 11.3 Å². The number of carbonyl (C=O) groups is 1. The molecule has 2 fully saturated rings. The third-order valence-electron chi connectivity index (χ3n) is 6.44. The summed E-state index contributed by atoms with van der Waals surface area (Å²) < 4.78 is 5.80. The zero-order valence-corrected chi connectivity index (χ0v) is 19.7. The first-order valence-electron chi connectivity index (χ1n) is 12.1. The molecule has 10 nitrogen and oxygen atoms in total. The van der Waals surface area contributed by atoms with Crippen molar-refractivity contribution in [3.63, 3.8) is 0 Å². The van der Waals surface area contributed by atoms with E-state index in [-0.39, 0.29) is 25.0 Å². The number of aliphatic hydroxyl groups is 1. The van der Waals surface area contributed by atoms with Crippen molar-refractivity contribution in [3.05, 3.63) is 42.7 Å². The number of ether oxygens (including phenoxy) is 1. The highest BCUT2D eigenvalue weighted by Crippen LogP contribution is 2.27. The number of morpholine rings is 1. The maximum absolute atomic E-state index is 12.0. The van der Waals surface area contributed by atoms with Crippen molar-refractivity contribution < 1.29 is 14.6 Å². The van der Waals surface area contributed by atoms with Gasteiger partial charge < -0.3 is 30.3 Å². The van der Waals surface area contributed by atoms with Gasteiger partial charge in [-0.3, -0.25) is 9.78 Å². The van der Waals surface area contributed by atoms with E-state index in [0.29, 0.717) is 32.1 Å². The number of fused-ring (bicyclic) bond motifs is 1. The molecule has 2 aromatic heterocycles. The molecule has 5 rings (SSSR count). The monoisotopic (exact) mass is 477 g/mol. The lowest BCUT2D eigenvalue weighted by molar-refractivity contribution is -0.132. The van der Waals surface area contributed by atoms with Crippen LogP contribution in [-0.2, 0) is 9.53 Å². The van der Waals surface area contributed by atoms with E-state index < -0.39 is 0 Å². The molecule has 184 valence electrons. The molecule has 2 saturated heterocycles. The fourth-order valence-electron chi connectivity index (χ4n) is 4.52. The molecule has 0 radical (unpaired) electrons. The van der Waals surface area contributed by atoms with Gasteiger partial charge in [0.1, 0.15) is 5.52 Å². The van der Waals surface area contributed by atoms with E-state index in [4.69, 9.17) is 14.8 Å². The van der Waals surface area contributed by atoms with Crippen LogP contribution in [0, 0.1) is 0 Å². The van der Waals surface area contributed by atoms with Gasteiger partial charge in [-0.15, -0.1) is 0 Å². The number of aromatic nitrogens is 3. The molecule has 0 spiro atoms. The fraction of sp³-hybridized carbons (Fsp3) is 0.440. The average molecular weight is 478 g/mol. The molecule has 4 heterocycles. The van der Waals surface area contributed by atoms with Gasteiger partial charge in [0, 0.05) is 75.9 Å². The van der Waals surface area contributed by atoms with Crippen LogP contribution in [0.5, 0.6) is 0 Å². The van der Waals surface area contributed by atoms with Crippen molar-refractivity contribution in [2.24, 2.45) is 0 Å². The summed E-state index contributed by atoms with van der Waals surface area (Å²) in [6, 6.07) is 10.3. The number of piperazine rings is 1. The lowest BCUT2D eigenvalue weighted by Crippen LogP contribution is -2.48. The number of carbonyl (C=O) groups excluding carboxylic acids is 1. The van der Waals surface area contributed by atoms with E-state index in [0.717, 1.165) is 54.2 Å². The quantitative estimate of drug-likeness (QED) is 0.460. The third-order valence-corrected chi connectivity index (χ3v) is 6.44. The predicted molar refractivity (Wildman–Crippen MR) is 134 cm³/mol. The maximum Gasteiger partial charge on any atom is 0.225 e. The van der Waals surface area contributed by atoms with E-state index in [9.17, 15) is 4.79 Å². The number of rotatable bonds is 7. The standard InChI is InChI=1S/C25H31N7O3/c33-13-5-23(34)32-11-9-31(10-12-32)19-3-1-18(2-4-19)21-15-22-24(28-7-6-27-22)25(30-21)29-17-20-16-26-8-14-35-20/h1-4,6-7,15,20,26,33H,5,8-14,16-17H2,(H,29,30)/t20-/m0/s1. The molecule has 2 aliphatic rings. The first-order valence-corrected chi connectivity index (χ1v) is 12.1. The second kappa shape index (κ2) is 10.9. The molecule has 0 aliphatic carbocycles. The third kappa shape index (κ3) is 5.50. The van der Waals surface area contributed by atoms with Crippen LogP contribution in [0.25, 0.3) is 22.3 Å². The number of hydrogen-bond acceptors (Lipinski definition) is 9. The normalized spacial score (nSPS) is 18.6.